The van der Waals surface area contributed by atoms with E-state index in [4.69, 9.17) is 0 Å². The van der Waals surface area contributed by atoms with Crippen LogP contribution in [0.3, 0.4) is 0 Å². The first-order valence-electron chi connectivity index (χ1n) is 5.99. The summed E-state index contributed by atoms with van der Waals surface area (Å²) in [6.45, 7) is 0. The van der Waals surface area contributed by atoms with Gasteiger partial charge in [-0.05, 0) is 0 Å². The Morgan fingerprint density at radius 1 is 0.481 bits per heavy atom. The Labute approximate surface area is 167 Å². The minimum absolute atomic E-state index is 1.03. The Hall–Kier alpha value is 0.410. The Balaban J connectivity index is 6.03. The molecule has 0 heterocycles. The van der Waals surface area contributed by atoms with E-state index in [1.165, 1.54) is 0 Å². The molecular formula is C10H5F15I2. The van der Waals surface area contributed by atoms with Crippen molar-refractivity contribution in [2.75, 3.05) is 0 Å². The molecule has 0 amide bonds. The fourth-order valence-electron chi connectivity index (χ4n) is 1.50. The van der Waals surface area contributed by atoms with Crippen molar-refractivity contribution in [1.82, 2.24) is 0 Å². The topological polar surface area (TPSA) is 0 Å². The van der Waals surface area contributed by atoms with Crippen LogP contribution in [0, 0.1) is 0 Å². The van der Waals surface area contributed by atoms with Gasteiger partial charge >= 0.3 is 41.7 Å². The highest BCUT2D eigenvalue weighted by molar-refractivity contribution is 14.2. The quantitative estimate of drug-likeness (QED) is 0.145. The molecule has 0 fully saturated rings. The van der Waals surface area contributed by atoms with Crippen LogP contribution in [0.1, 0.15) is 12.8 Å². The van der Waals surface area contributed by atoms with Gasteiger partial charge in [0.2, 0.25) is 0 Å². The summed E-state index contributed by atoms with van der Waals surface area (Å²) in [4.78, 5) is 0. The van der Waals surface area contributed by atoms with Crippen LogP contribution in [-0.2, 0) is 0 Å². The zero-order valence-electron chi connectivity index (χ0n) is 11.9. The molecule has 27 heavy (non-hydrogen) atoms. The summed E-state index contributed by atoms with van der Waals surface area (Å²) < 4.78 is 191. The second-order valence-corrected chi connectivity index (χ2v) is 10.5. The van der Waals surface area contributed by atoms with Crippen molar-refractivity contribution in [2.24, 2.45) is 0 Å². The van der Waals surface area contributed by atoms with E-state index in [1.807, 2.05) is 0 Å². The summed E-state index contributed by atoms with van der Waals surface area (Å²) in [5.41, 5.74) is 0. The third kappa shape index (κ3) is 4.95. The first kappa shape index (κ1) is 27.4. The maximum Gasteiger partial charge on any atom is 0.460 e. The Morgan fingerprint density at radius 3 is 1.11 bits per heavy atom. The van der Waals surface area contributed by atoms with Crippen molar-refractivity contribution in [3.63, 3.8) is 0 Å². The molecule has 0 spiro atoms. The molecule has 0 aliphatic carbocycles. The first-order chi connectivity index (χ1) is 11.4. The molecular weight excluding hydrogens is 659 g/mol. The molecule has 0 N–H and O–H groups in total. The normalized spacial score (nSPS) is 16.2. The molecule has 0 radical (unpaired) electrons. The lowest BCUT2D eigenvalue weighted by atomic mass is 9.92. The monoisotopic (exact) mass is 664 g/mol. The van der Waals surface area contributed by atoms with Crippen molar-refractivity contribution in [3.8, 4) is 0 Å². The van der Waals surface area contributed by atoms with Gasteiger partial charge in [0.05, 0.1) is 8.35 Å². The number of hydrogen-bond acceptors (Lipinski definition) is 0. The summed E-state index contributed by atoms with van der Waals surface area (Å²) in [5.74, 6) is -41.7. The van der Waals surface area contributed by atoms with E-state index in [-0.39, 0.29) is 0 Å². The van der Waals surface area contributed by atoms with Crippen LogP contribution in [0.5, 0.6) is 0 Å². The summed E-state index contributed by atoms with van der Waals surface area (Å²) in [6, 6.07) is 0. The van der Waals surface area contributed by atoms with E-state index in [9.17, 15) is 65.9 Å². The molecule has 0 rings (SSSR count). The molecule has 0 aromatic rings. The van der Waals surface area contributed by atoms with Gasteiger partial charge in [0, 0.05) is 6.42 Å². The average Bonchev–Trinajstić information content (AvgIpc) is 2.33. The van der Waals surface area contributed by atoms with Crippen LogP contribution < -0.4 is 0 Å². The SMILES string of the molecule is FC(F)(F)C(F)(F)C(F)(F)C(F)(F)CC(F)(F)C(F)(F)C(F)(F)CC(I)I. The molecule has 17 heteroatoms. The third-order valence-corrected chi connectivity index (χ3v) is 3.86. The number of halogens is 17. The summed E-state index contributed by atoms with van der Waals surface area (Å²) in [6.07, 6.45) is -13.8. The van der Waals surface area contributed by atoms with Gasteiger partial charge < -0.3 is 0 Å². The zero-order chi connectivity index (χ0) is 22.5. The van der Waals surface area contributed by atoms with E-state index >= 15 is 0 Å². The lowest BCUT2D eigenvalue weighted by molar-refractivity contribution is -0.408. The number of alkyl halides is 17. The molecule has 0 atom stereocenters. The molecule has 0 bridgehead atoms. The van der Waals surface area contributed by atoms with E-state index in [0.717, 1.165) is 45.2 Å². The average molecular weight is 664 g/mol. The van der Waals surface area contributed by atoms with Crippen LogP contribution in [0.2, 0.25) is 0 Å². The smallest absolute Gasteiger partial charge is 0.200 e. The van der Waals surface area contributed by atoms with Crippen LogP contribution in [0.4, 0.5) is 65.9 Å². The summed E-state index contributed by atoms with van der Waals surface area (Å²) in [7, 11) is 0. The standard InChI is InChI=1S/C10H5F15I2/c11-4(12,1-3(26)27)7(17,18)5(13,14)2-6(15,16)8(19,20)9(21,22)10(23,24)25/h3H,1-2H2. The van der Waals surface area contributed by atoms with Gasteiger partial charge in [0.15, 0.2) is 0 Å². The fourth-order valence-corrected chi connectivity index (χ4v) is 2.60. The van der Waals surface area contributed by atoms with Crippen molar-refractivity contribution in [2.45, 2.75) is 56.5 Å². The minimum atomic E-state index is -7.64. The number of hydrogen-bond donors (Lipinski definition) is 0. The van der Waals surface area contributed by atoms with Gasteiger partial charge in [-0.3, -0.25) is 0 Å². The van der Waals surface area contributed by atoms with E-state index in [2.05, 4.69) is 0 Å². The highest BCUT2D eigenvalue weighted by atomic mass is 127. The van der Waals surface area contributed by atoms with Crippen molar-refractivity contribution in [3.05, 3.63) is 0 Å². The lowest BCUT2D eigenvalue weighted by Crippen LogP contribution is -2.64. The van der Waals surface area contributed by atoms with Gasteiger partial charge in [-0.25, -0.2) is 0 Å². The van der Waals surface area contributed by atoms with Crippen molar-refractivity contribution >= 4 is 45.2 Å². The molecule has 0 aliphatic rings. The molecule has 0 saturated heterocycles. The van der Waals surface area contributed by atoms with Crippen LogP contribution >= 0.6 is 45.2 Å². The summed E-state index contributed by atoms with van der Waals surface area (Å²) >= 11 is 2.06. The lowest BCUT2D eigenvalue weighted by Gasteiger charge is -2.38. The molecule has 0 aliphatic heterocycles. The van der Waals surface area contributed by atoms with Gasteiger partial charge in [0.1, 0.15) is 0 Å². The van der Waals surface area contributed by atoms with E-state index in [1.54, 1.807) is 0 Å². The van der Waals surface area contributed by atoms with E-state index < -0.39 is 56.5 Å². The summed E-state index contributed by atoms with van der Waals surface area (Å²) in [5, 5.41) is 0. The molecule has 0 saturated carbocycles. The maximum atomic E-state index is 13.3. The molecule has 0 nitrogen and oxygen atoms in total. The Morgan fingerprint density at radius 2 is 0.815 bits per heavy atom. The Bertz CT molecular complexity index is 521. The van der Waals surface area contributed by atoms with Gasteiger partial charge in [-0.2, -0.15) is 65.9 Å². The highest BCUT2D eigenvalue weighted by Gasteiger charge is 2.84. The molecule has 0 aromatic heterocycles. The minimum Gasteiger partial charge on any atom is -0.200 e. The van der Waals surface area contributed by atoms with Gasteiger partial charge in [-0.1, -0.05) is 45.2 Å². The van der Waals surface area contributed by atoms with Gasteiger partial charge in [-0.15, -0.1) is 0 Å². The predicted molar refractivity (Wildman–Crippen MR) is 76.8 cm³/mol. The maximum absolute atomic E-state index is 13.3. The second kappa shape index (κ2) is 7.59. The Kier molecular flexibility index (Phi) is 7.70. The first-order valence-corrected chi connectivity index (χ1v) is 8.48. The van der Waals surface area contributed by atoms with Crippen LogP contribution in [-0.4, -0.2) is 43.6 Å². The molecule has 0 aromatic carbocycles. The van der Waals surface area contributed by atoms with Crippen molar-refractivity contribution < 1.29 is 65.9 Å². The van der Waals surface area contributed by atoms with Crippen LogP contribution in [0.25, 0.3) is 0 Å². The molecule has 0 unspecified atom stereocenters. The van der Waals surface area contributed by atoms with E-state index in [0.29, 0.717) is 0 Å². The largest absolute Gasteiger partial charge is 0.460 e. The highest BCUT2D eigenvalue weighted by Crippen LogP contribution is 2.58. The molecule has 164 valence electrons. The predicted octanol–water partition coefficient (Wildman–Crippen LogP) is 7.34. The fraction of sp³-hybridized carbons (Fsp3) is 1.00. The van der Waals surface area contributed by atoms with Crippen molar-refractivity contribution in [1.29, 1.82) is 0 Å². The van der Waals surface area contributed by atoms with Gasteiger partial charge in [0.25, 0.3) is 0 Å². The third-order valence-electron chi connectivity index (χ3n) is 2.98. The zero-order valence-corrected chi connectivity index (χ0v) is 16.2. The number of rotatable bonds is 8. The van der Waals surface area contributed by atoms with Crippen LogP contribution in [0.15, 0.2) is 0 Å². The second-order valence-electron chi connectivity index (χ2n) is 5.11.